The maximum atomic E-state index is 11.7. The van der Waals surface area contributed by atoms with Crippen molar-refractivity contribution >= 4 is 17.5 Å². The van der Waals surface area contributed by atoms with Crippen LogP contribution in [0.25, 0.3) is 0 Å². The van der Waals surface area contributed by atoms with E-state index < -0.39 is 11.8 Å². The Morgan fingerprint density at radius 1 is 1.41 bits per heavy atom. The van der Waals surface area contributed by atoms with E-state index in [1.807, 2.05) is 19.1 Å². The number of hydrogen-bond donors (Lipinski definition) is 2. The smallest absolute Gasteiger partial charge is 0.413 e. The predicted molar refractivity (Wildman–Crippen MR) is 85.5 cm³/mol. The van der Waals surface area contributed by atoms with Gasteiger partial charge in [0.2, 0.25) is 0 Å². The number of anilines is 2. The lowest BCUT2D eigenvalue weighted by molar-refractivity contribution is 0.122. The van der Waals surface area contributed by atoms with E-state index in [1.165, 1.54) is 4.90 Å². The second-order valence-corrected chi connectivity index (χ2v) is 5.99. The Morgan fingerprint density at radius 2 is 2.14 bits per heavy atom. The molecule has 0 spiro atoms. The number of morpholine rings is 1. The van der Waals surface area contributed by atoms with Crippen molar-refractivity contribution in [1.29, 1.82) is 0 Å². The van der Waals surface area contributed by atoms with E-state index in [-0.39, 0.29) is 0 Å². The summed E-state index contributed by atoms with van der Waals surface area (Å²) in [6.45, 7) is 5.15. The van der Waals surface area contributed by atoms with E-state index in [4.69, 9.17) is 10.5 Å². The van der Waals surface area contributed by atoms with Crippen LogP contribution in [-0.4, -0.2) is 43.2 Å². The molecule has 0 radical (unpaired) electrons. The zero-order valence-electron chi connectivity index (χ0n) is 12.9. The van der Waals surface area contributed by atoms with E-state index in [2.05, 4.69) is 11.0 Å². The summed E-state index contributed by atoms with van der Waals surface area (Å²) in [5.74, 6) is 0. The summed E-state index contributed by atoms with van der Waals surface area (Å²) in [4.78, 5) is 15.3. The molecule has 120 valence electrons. The molecular formula is C16H23N3O3. The van der Waals surface area contributed by atoms with Crippen LogP contribution in [0.15, 0.2) is 18.2 Å². The van der Waals surface area contributed by atoms with Crippen LogP contribution in [0, 0.1) is 0 Å². The molecule has 1 fully saturated rings. The second-order valence-electron chi connectivity index (χ2n) is 5.99. The van der Waals surface area contributed by atoms with Gasteiger partial charge in [-0.2, -0.15) is 0 Å². The Bertz CT molecular complexity index is 572. The Balaban J connectivity index is 1.95. The van der Waals surface area contributed by atoms with E-state index in [1.54, 1.807) is 0 Å². The quantitative estimate of drug-likeness (QED) is 0.874. The number of carboxylic acid groups (broad SMARTS) is 1. The standard InChI is InChI=1S/C16H23N3O3/c1-2-16(17)6-5-12-11-13(18-7-9-22-10-8-18)3-4-14(12)19(16)15(20)21/h3-4,11H,2,5-10,17H2,1H3,(H,20,21). The highest BCUT2D eigenvalue weighted by Gasteiger charge is 2.40. The van der Waals surface area contributed by atoms with Crippen molar-refractivity contribution in [1.82, 2.24) is 0 Å². The van der Waals surface area contributed by atoms with Gasteiger partial charge in [-0.1, -0.05) is 6.92 Å². The van der Waals surface area contributed by atoms with Crippen molar-refractivity contribution in [3.8, 4) is 0 Å². The highest BCUT2D eigenvalue weighted by Crippen LogP contribution is 2.38. The summed E-state index contributed by atoms with van der Waals surface area (Å²) < 4.78 is 5.38. The van der Waals surface area contributed by atoms with Crippen LogP contribution in [-0.2, 0) is 11.2 Å². The second kappa shape index (κ2) is 5.78. The lowest BCUT2D eigenvalue weighted by Crippen LogP contribution is -2.60. The van der Waals surface area contributed by atoms with Gasteiger partial charge in [-0.25, -0.2) is 4.79 Å². The summed E-state index contributed by atoms with van der Waals surface area (Å²) in [7, 11) is 0. The molecule has 1 atom stereocenters. The van der Waals surface area contributed by atoms with Crippen molar-refractivity contribution in [2.75, 3.05) is 36.1 Å². The van der Waals surface area contributed by atoms with E-state index in [0.717, 1.165) is 49.7 Å². The summed E-state index contributed by atoms with van der Waals surface area (Å²) >= 11 is 0. The number of nitrogens with zero attached hydrogens (tertiary/aromatic N) is 2. The Morgan fingerprint density at radius 3 is 2.77 bits per heavy atom. The van der Waals surface area contributed by atoms with Gasteiger partial charge in [-0.05, 0) is 43.0 Å². The first-order valence-electron chi connectivity index (χ1n) is 7.83. The molecule has 1 aromatic rings. The van der Waals surface area contributed by atoms with E-state index in [9.17, 15) is 9.90 Å². The molecular weight excluding hydrogens is 282 g/mol. The third kappa shape index (κ3) is 2.53. The summed E-state index contributed by atoms with van der Waals surface area (Å²) in [5.41, 5.74) is 8.42. The van der Waals surface area contributed by atoms with Crippen LogP contribution in [0.1, 0.15) is 25.3 Å². The number of aryl methyl sites for hydroxylation is 1. The number of carbonyl (C=O) groups is 1. The molecule has 2 aliphatic rings. The maximum Gasteiger partial charge on any atom is 0.413 e. The Hall–Kier alpha value is -1.79. The molecule has 0 aliphatic carbocycles. The van der Waals surface area contributed by atoms with Gasteiger partial charge in [-0.15, -0.1) is 0 Å². The zero-order valence-corrected chi connectivity index (χ0v) is 12.9. The lowest BCUT2D eigenvalue weighted by Gasteiger charge is -2.43. The summed E-state index contributed by atoms with van der Waals surface area (Å²) in [6, 6.07) is 5.98. The minimum absolute atomic E-state index is 0.601. The summed E-state index contributed by atoms with van der Waals surface area (Å²) in [6.07, 6.45) is 1.07. The average molecular weight is 305 g/mol. The van der Waals surface area contributed by atoms with Crippen molar-refractivity contribution in [2.24, 2.45) is 5.73 Å². The van der Waals surface area contributed by atoms with Gasteiger partial charge >= 0.3 is 6.09 Å². The van der Waals surface area contributed by atoms with Crippen molar-refractivity contribution in [3.05, 3.63) is 23.8 Å². The minimum Gasteiger partial charge on any atom is -0.465 e. The average Bonchev–Trinajstić information content (AvgIpc) is 2.54. The van der Waals surface area contributed by atoms with Crippen molar-refractivity contribution < 1.29 is 14.6 Å². The Labute approximate surface area is 130 Å². The normalized spacial score (nSPS) is 25.0. The molecule has 1 unspecified atom stereocenters. The SMILES string of the molecule is CCC1(N)CCc2cc(N3CCOCC3)ccc2N1C(=O)O. The monoisotopic (exact) mass is 305 g/mol. The molecule has 0 aromatic heterocycles. The van der Waals surface area contributed by atoms with Crippen LogP contribution in [0.3, 0.4) is 0 Å². The fraction of sp³-hybridized carbons (Fsp3) is 0.562. The highest BCUT2D eigenvalue weighted by atomic mass is 16.5. The number of hydrogen-bond acceptors (Lipinski definition) is 4. The fourth-order valence-electron chi connectivity index (χ4n) is 3.34. The molecule has 2 heterocycles. The number of amides is 1. The molecule has 22 heavy (non-hydrogen) atoms. The van der Waals surface area contributed by atoms with Crippen LogP contribution >= 0.6 is 0 Å². The van der Waals surface area contributed by atoms with Gasteiger partial charge in [0.15, 0.2) is 0 Å². The number of benzene rings is 1. The molecule has 0 saturated carbocycles. The molecule has 6 heteroatoms. The number of nitrogens with two attached hydrogens (primary N) is 1. The molecule has 3 rings (SSSR count). The number of fused-ring (bicyclic) bond motifs is 1. The molecule has 0 bridgehead atoms. The van der Waals surface area contributed by atoms with Crippen molar-refractivity contribution in [3.63, 3.8) is 0 Å². The van der Waals surface area contributed by atoms with Gasteiger partial charge in [0.05, 0.1) is 24.6 Å². The summed E-state index contributed by atoms with van der Waals surface area (Å²) in [5, 5.41) is 9.59. The number of rotatable bonds is 2. The van der Waals surface area contributed by atoms with Crippen LogP contribution in [0.2, 0.25) is 0 Å². The largest absolute Gasteiger partial charge is 0.465 e. The van der Waals surface area contributed by atoms with Gasteiger partial charge in [0, 0.05) is 18.8 Å². The Kier molecular flexibility index (Phi) is 3.97. The lowest BCUT2D eigenvalue weighted by atomic mass is 9.89. The molecule has 2 aliphatic heterocycles. The number of ether oxygens (including phenoxy) is 1. The topological polar surface area (TPSA) is 79.0 Å². The molecule has 6 nitrogen and oxygen atoms in total. The van der Waals surface area contributed by atoms with Gasteiger partial charge < -0.3 is 20.5 Å². The minimum atomic E-state index is -0.982. The predicted octanol–water partition coefficient (Wildman–Crippen LogP) is 2.02. The third-order valence-electron chi connectivity index (χ3n) is 4.76. The van der Waals surface area contributed by atoms with Crippen LogP contribution in [0.5, 0.6) is 0 Å². The van der Waals surface area contributed by atoms with Gasteiger partial charge in [0.1, 0.15) is 0 Å². The zero-order chi connectivity index (χ0) is 15.7. The fourth-order valence-corrected chi connectivity index (χ4v) is 3.34. The van der Waals surface area contributed by atoms with Gasteiger partial charge in [0.25, 0.3) is 0 Å². The first kappa shape index (κ1) is 15.1. The maximum absolute atomic E-state index is 11.7. The van der Waals surface area contributed by atoms with E-state index >= 15 is 0 Å². The highest BCUT2D eigenvalue weighted by molar-refractivity contribution is 5.90. The van der Waals surface area contributed by atoms with Crippen LogP contribution < -0.4 is 15.5 Å². The van der Waals surface area contributed by atoms with Gasteiger partial charge in [-0.3, -0.25) is 4.90 Å². The molecule has 1 aromatic carbocycles. The first-order valence-corrected chi connectivity index (χ1v) is 7.83. The molecule has 1 amide bonds. The first-order chi connectivity index (χ1) is 10.5. The van der Waals surface area contributed by atoms with Crippen molar-refractivity contribution in [2.45, 2.75) is 31.8 Å². The molecule has 1 saturated heterocycles. The van der Waals surface area contributed by atoms with E-state index in [0.29, 0.717) is 12.8 Å². The third-order valence-corrected chi connectivity index (χ3v) is 4.76. The molecule has 3 N–H and O–H groups in total. The van der Waals surface area contributed by atoms with Crippen LogP contribution in [0.4, 0.5) is 16.2 Å².